The second-order valence-corrected chi connectivity index (χ2v) is 6.02. The normalized spacial score (nSPS) is 21.2. The van der Waals surface area contributed by atoms with Gasteiger partial charge in [0, 0.05) is 12.5 Å². The van der Waals surface area contributed by atoms with Crippen LogP contribution in [0.5, 0.6) is 0 Å². The van der Waals surface area contributed by atoms with Crippen LogP contribution in [0.1, 0.15) is 27.7 Å². The summed E-state index contributed by atoms with van der Waals surface area (Å²) in [5.41, 5.74) is 2.06. The first kappa shape index (κ1) is 12.6. The van der Waals surface area contributed by atoms with Gasteiger partial charge in [0.2, 0.25) is 0 Å². The Balaban J connectivity index is 2.07. The lowest BCUT2D eigenvalue weighted by Gasteiger charge is -2.32. The van der Waals surface area contributed by atoms with Crippen molar-refractivity contribution in [3.05, 3.63) is 18.2 Å². The topological polar surface area (TPSA) is 49.2 Å². The molecule has 1 aliphatic rings. The first-order valence-electron chi connectivity index (χ1n) is 6.46. The molecule has 1 saturated heterocycles. The van der Waals surface area contributed by atoms with E-state index in [1.54, 1.807) is 4.68 Å². The van der Waals surface area contributed by atoms with E-state index in [4.69, 9.17) is 9.31 Å². The number of rotatable bonds is 1. The van der Waals surface area contributed by atoms with Crippen molar-refractivity contribution in [3.8, 4) is 0 Å². The van der Waals surface area contributed by atoms with Crippen LogP contribution in [0.2, 0.25) is 0 Å². The lowest BCUT2D eigenvalue weighted by molar-refractivity contribution is 0.00578. The van der Waals surface area contributed by atoms with Gasteiger partial charge in [-0.3, -0.25) is 0 Å². The summed E-state index contributed by atoms with van der Waals surface area (Å²) in [6, 6.07) is 5.95. The summed E-state index contributed by atoms with van der Waals surface area (Å²) in [7, 11) is 1.48. The van der Waals surface area contributed by atoms with Crippen LogP contribution in [-0.2, 0) is 16.4 Å². The number of benzene rings is 1. The highest BCUT2D eigenvalue weighted by molar-refractivity contribution is 6.64. The molecule has 0 amide bonds. The van der Waals surface area contributed by atoms with E-state index < -0.39 is 7.12 Å². The molecule has 2 aromatic rings. The molecule has 5 nitrogen and oxygen atoms in total. The Morgan fingerprint density at radius 2 is 1.74 bits per heavy atom. The predicted molar refractivity (Wildman–Crippen MR) is 74.2 cm³/mol. The maximum Gasteiger partial charge on any atom is 0.497 e. The Labute approximate surface area is 113 Å². The van der Waals surface area contributed by atoms with Gasteiger partial charge in [-0.25, -0.2) is 4.68 Å². The highest BCUT2D eigenvalue weighted by Crippen LogP contribution is 2.36. The quantitative estimate of drug-likeness (QED) is 0.723. The van der Waals surface area contributed by atoms with Gasteiger partial charge in [0.25, 0.3) is 0 Å². The smallest absolute Gasteiger partial charge is 0.399 e. The van der Waals surface area contributed by atoms with E-state index in [1.165, 1.54) is 0 Å². The Hall–Kier alpha value is -1.40. The van der Waals surface area contributed by atoms with E-state index >= 15 is 0 Å². The molecule has 0 saturated carbocycles. The molecule has 0 aliphatic carbocycles. The fourth-order valence-electron chi connectivity index (χ4n) is 2.24. The van der Waals surface area contributed by atoms with E-state index in [-0.39, 0.29) is 11.2 Å². The number of fused-ring (bicyclic) bond motifs is 1. The minimum atomic E-state index is -0.398. The Kier molecular flexibility index (Phi) is 2.53. The Bertz CT molecular complexity index is 620. The van der Waals surface area contributed by atoms with Gasteiger partial charge < -0.3 is 9.31 Å². The molecule has 2 heterocycles. The fourth-order valence-corrected chi connectivity index (χ4v) is 2.24. The zero-order valence-corrected chi connectivity index (χ0v) is 12.0. The fraction of sp³-hybridized carbons (Fsp3) is 0.538. The minimum Gasteiger partial charge on any atom is -0.399 e. The lowest BCUT2D eigenvalue weighted by atomic mass is 9.78. The van der Waals surface area contributed by atoms with Gasteiger partial charge in [-0.2, -0.15) is 0 Å². The summed E-state index contributed by atoms with van der Waals surface area (Å²) in [6.07, 6.45) is 0. The number of aromatic nitrogens is 3. The molecule has 1 fully saturated rings. The van der Waals surface area contributed by atoms with Crippen LogP contribution < -0.4 is 5.46 Å². The van der Waals surface area contributed by atoms with Crippen LogP contribution >= 0.6 is 0 Å². The van der Waals surface area contributed by atoms with E-state index in [2.05, 4.69) is 10.3 Å². The lowest BCUT2D eigenvalue weighted by Crippen LogP contribution is -2.41. The van der Waals surface area contributed by atoms with Crippen molar-refractivity contribution in [2.45, 2.75) is 38.9 Å². The molecular weight excluding hydrogens is 241 g/mol. The number of hydrogen-bond acceptors (Lipinski definition) is 4. The molecule has 0 N–H and O–H groups in total. The summed E-state index contributed by atoms with van der Waals surface area (Å²) in [4.78, 5) is 0. The molecule has 0 spiro atoms. The predicted octanol–water partition coefficient (Wildman–Crippen LogP) is 1.27. The molecule has 0 radical (unpaired) electrons. The third-order valence-corrected chi connectivity index (χ3v) is 4.18. The maximum absolute atomic E-state index is 6.07. The minimum absolute atomic E-state index is 0.345. The van der Waals surface area contributed by atoms with E-state index in [9.17, 15) is 0 Å². The van der Waals surface area contributed by atoms with Gasteiger partial charge in [-0.1, -0.05) is 17.3 Å². The first-order chi connectivity index (χ1) is 8.82. The third-order valence-electron chi connectivity index (χ3n) is 4.18. The largest absolute Gasteiger partial charge is 0.497 e. The summed E-state index contributed by atoms with van der Waals surface area (Å²) in [5.74, 6) is 0. The summed E-state index contributed by atoms with van der Waals surface area (Å²) in [5, 5.41) is 8.27. The third kappa shape index (κ3) is 1.78. The molecule has 0 atom stereocenters. The summed E-state index contributed by atoms with van der Waals surface area (Å²) >= 11 is 0. The van der Waals surface area contributed by atoms with Crippen LogP contribution in [0.25, 0.3) is 11.0 Å². The zero-order chi connectivity index (χ0) is 13.8. The average molecular weight is 259 g/mol. The molecular formula is C13H18BN3O2. The summed E-state index contributed by atoms with van der Waals surface area (Å²) < 4.78 is 13.9. The number of aryl methyl sites for hydroxylation is 1. The molecule has 1 aromatic heterocycles. The van der Waals surface area contributed by atoms with Crippen molar-refractivity contribution in [1.82, 2.24) is 15.0 Å². The van der Waals surface area contributed by atoms with Crippen molar-refractivity contribution < 1.29 is 9.31 Å². The number of hydrogen-bond donors (Lipinski definition) is 0. The van der Waals surface area contributed by atoms with Crippen molar-refractivity contribution in [2.24, 2.45) is 7.05 Å². The van der Waals surface area contributed by atoms with Gasteiger partial charge >= 0.3 is 7.12 Å². The summed E-state index contributed by atoms with van der Waals surface area (Å²) in [6.45, 7) is 8.18. The molecule has 1 aliphatic heterocycles. The molecule has 1 aromatic carbocycles. The highest BCUT2D eigenvalue weighted by atomic mass is 16.7. The monoisotopic (exact) mass is 259 g/mol. The second-order valence-electron chi connectivity index (χ2n) is 6.02. The van der Waals surface area contributed by atoms with Crippen molar-refractivity contribution in [1.29, 1.82) is 0 Å². The first-order valence-corrected chi connectivity index (χ1v) is 6.46. The van der Waals surface area contributed by atoms with E-state index in [0.717, 1.165) is 16.5 Å². The molecule has 0 bridgehead atoms. The second kappa shape index (κ2) is 3.80. The van der Waals surface area contributed by atoms with E-state index in [0.29, 0.717) is 0 Å². The van der Waals surface area contributed by atoms with Gasteiger partial charge in [-0.15, -0.1) is 5.10 Å². The van der Waals surface area contributed by atoms with Crippen molar-refractivity contribution >= 4 is 23.6 Å². The number of nitrogens with zero attached hydrogens (tertiary/aromatic N) is 3. The van der Waals surface area contributed by atoms with Crippen LogP contribution in [0.3, 0.4) is 0 Å². The highest BCUT2D eigenvalue weighted by Gasteiger charge is 2.52. The molecule has 0 unspecified atom stereocenters. The zero-order valence-electron chi connectivity index (χ0n) is 12.0. The molecule has 3 rings (SSSR count). The van der Waals surface area contributed by atoms with Crippen LogP contribution in [-0.4, -0.2) is 33.3 Å². The van der Waals surface area contributed by atoms with Crippen LogP contribution in [0.4, 0.5) is 0 Å². The average Bonchev–Trinajstić information content (AvgIpc) is 2.78. The van der Waals surface area contributed by atoms with Gasteiger partial charge in [0.1, 0.15) is 5.52 Å². The standard InChI is InChI=1S/C13H18BN3O2/c1-12(2)13(3,4)19-14(18-12)9-7-6-8-10-11(9)15-16-17(10)5/h6-8H,1-5H3. The molecule has 6 heteroatoms. The van der Waals surface area contributed by atoms with Gasteiger partial charge in [-0.05, 0) is 33.8 Å². The van der Waals surface area contributed by atoms with Crippen LogP contribution in [0.15, 0.2) is 18.2 Å². The van der Waals surface area contributed by atoms with Gasteiger partial charge in [0.15, 0.2) is 0 Å². The maximum atomic E-state index is 6.07. The Morgan fingerprint density at radius 1 is 1.11 bits per heavy atom. The van der Waals surface area contributed by atoms with Crippen LogP contribution in [0, 0.1) is 0 Å². The van der Waals surface area contributed by atoms with Crippen molar-refractivity contribution in [2.75, 3.05) is 0 Å². The van der Waals surface area contributed by atoms with Gasteiger partial charge in [0.05, 0.1) is 16.7 Å². The van der Waals surface area contributed by atoms with E-state index in [1.807, 2.05) is 52.9 Å². The molecule has 19 heavy (non-hydrogen) atoms. The SMILES string of the molecule is Cn1nnc2c(B3OC(C)(C)C(C)(C)O3)cccc21. The molecule has 100 valence electrons. The Morgan fingerprint density at radius 3 is 2.37 bits per heavy atom. The van der Waals surface area contributed by atoms with Crippen molar-refractivity contribution in [3.63, 3.8) is 0 Å².